The molecule has 2 aliphatic rings. The first-order valence-corrected chi connectivity index (χ1v) is 9.21. The number of nitrogens with zero attached hydrogens (tertiary/aromatic N) is 4. The van der Waals surface area contributed by atoms with Crippen LogP contribution in [0.25, 0.3) is 0 Å². The number of benzene rings is 1. The number of hydrogen-bond acceptors (Lipinski definition) is 6. The number of ether oxygens (including phenoxy) is 1. The van der Waals surface area contributed by atoms with Gasteiger partial charge in [-0.1, -0.05) is 11.3 Å². The van der Waals surface area contributed by atoms with Crippen molar-refractivity contribution in [2.45, 2.75) is 18.6 Å². The number of carbonyl (C=O) groups is 2. The molecule has 1 aromatic heterocycles. The molecule has 1 fully saturated rings. The summed E-state index contributed by atoms with van der Waals surface area (Å²) in [7, 11) is 0. The Kier molecular flexibility index (Phi) is 4.67. The zero-order valence-electron chi connectivity index (χ0n) is 14.4. The molecule has 1 atom stereocenters. The van der Waals surface area contributed by atoms with E-state index >= 15 is 0 Å². The van der Waals surface area contributed by atoms with E-state index in [1.54, 1.807) is 6.21 Å². The van der Waals surface area contributed by atoms with Crippen molar-refractivity contribution in [3.8, 4) is 5.19 Å². The van der Waals surface area contributed by atoms with Crippen LogP contribution in [0.2, 0.25) is 0 Å². The standard InChI is InChI=1S/C17H15F2N5O3S/c18-10-3-9(4-11(19)5-10)13-1-2-22-24(13)17(26)23-7-12(8-23)27-16-21-6-14(28-16)15(20)25/h2-6,12-13H,1,7-8H2,(H2,20,25). The summed E-state index contributed by atoms with van der Waals surface area (Å²) in [6.07, 6.45) is 2.98. The number of nitrogens with two attached hydrogens (primary N) is 1. The molecule has 2 N–H and O–H groups in total. The maximum atomic E-state index is 13.5. The highest BCUT2D eigenvalue weighted by molar-refractivity contribution is 7.15. The van der Waals surface area contributed by atoms with Gasteiger partial charge in [0, 0.05) is 18.7 Å². The van der Waals surface area contributed by atoms with E-state index in [1.807, 2.05) is 0 Å². The number of amides is 3. The first-order valence-electron chi connectivity index (χ1n) is 8.39. The number of aromatic nitrogens is 1. The summed E-state index contributed by atoms with van der Waals surface area (Å²) in [5, 5.41) is 5.58. The highest BCUT2D eigenvalue weighted by atomic mass is 32.1. The number of likely N-dealkylation sites (tertiary alicyclic amines) is 1. The van der Waals surface area contributed by atoms with E-state index in [2.05, 4.69) is 10.1 Å². The molecule has 146 valence electrons. The maximum Gasteiger partial charge on any atom is 0.341 e. The quantitative estimate of drug-likeness (QED) is 0.839. The second kappa shape index (κ2) is 7.15. The molecule has 1 saturated heterocycles. The molecule has 2 aliphatic heterocycles. The molecule has 8 nitrogen and oxygen atoms in total. The Morgan fingerprint density at radius 3 is 2.57 bits per heavy atom. The predicted octanol–water partition coefficient (Wildman–Crippen LogP) is 2.14. The van der Waals surface area contributed by atoms with Crippen molar-refractivity contribution in [1.29, 1.82) is 0 Å². The molecule has 0 spiro atoms. The Morgan fingerprint density at radius 2 is 1.93 bits per heavy atom. The minimum Gasteiger partial charge on any atom is -0.463 e. The SMILES string of the molecule is NC(=O)c1cnc(OC2CN(C(=O)N3N=CCC3c3cc(F)cc(F)c3)C2)s1. The Bertz CT molecular complexity index is 940. The highest BCUT2D eigenvalue weighted by Gasteiger charge is 2.39. The van der Waals surface area contributed by atoms with Gasteiger partial charge in [0.25, 0.3) is 11.1 Å². The maximum absolute atomic E-state index is 13.5. The molecule has 1 aromatic carbocycles. The molecule has 0 bridgehead atoms. The van der Waals surface area contributed by atoms with Crippen molar-refractivity contribution in [3.05, 3.63) is 46.5 Å². The van der Waals surface area contributed by atoms with Crippen LogP contribution in [0.3, 0.4) is 0 Å². The smallest absolute Gasteiger partial charge is 0.341 e. The molecule has 0 saturated carbocycles. The van der Waals surface area contributed by atoms with Gasteiger partial charge in [0.15, 0.2) is 0 Å². The molecule has 0 radical (unpaired) electrons. The van der Waals surface area contributed by atoms with Crippen molar-refractivity contribution in [2.75, 3.05) is 13.1 Å². The van der Waals surface area contributed by atoms with Gasteiger partial charge in [0.05, 0.1) is 25.3 Å². The van der Waals surface area contributed by atoms with Crippen molar-refractivity contribution < 1.29 is 23.1 Å². The van der Waals surface area contributed by atoms with E-state index in [1.165, 1.54) is 28.2 Å². The average molecular weight is 407 g/mol. The van der Waals surface area contributed by atoms with Crippen LogP contribution >= 0.6 is 11.3 Å². The van der Waals surface area contributed by atoms with Crippen LogP contribution in [-0.2, 0) is 0 Å². The third kappa shape index (κ3) is 3.52. The zero-order chi connectivity index (χ0) is 19.8. The number of urea groups is 1. The lowest BCUT2D eigenvalue weighted by atomic mass is 10.0. The largest absolute Gasteiger partial charge is 0.463 e. The average Bonchev–Trinajstić information content (AvgIpc) is 3.25. The highest BCUT2D eigenvalue weighted by Crippen LogP contribution is 2.32. The number of rotatable bonds is 4. The lowest BCUT2D eigenvalue weighted by Gasteiger charge is -2.40. The number of thiazole rings is 1. The molecule has 0 aliphatic carbocycles. The van der Waals surface area contributed by atoms with Gasteiger partial charge in [0.1, 0.15) is 22.6 Å². The van der Waals surface area contributed by atoms with Gasteiger partial charge in [-0.05, 0) is 17.7 Å². The summed E-state index contributed by atoms with van der Waals surface area (Å²) in [6.45, 7) is 0.612. The summed E-state index contributed by atoms with van der Waals surface area (Å²) in [6, 6.07) is 2.24. The van der Waals surface area contributed by atoms with Crippen LogP contribution in [0, 0.1) is 11.6 Å². The summed E-state index contributed by atoms with van der Waals surface area (Å²) in [5.74, 6) is -1.99. The van der Waals surface area contributed by atoms with E-state index in [9.17, 15) is 18.4 Å². The van der Waals surface area contributed by atoms with Crippen LogP contribution in [0.4, 0.5) is 13.6 Å². The first-order chi connectivity index (χ1) is 13.4. The molecule has 2 aromatic rings. The van der Waals surface area contributed by atoms with Gasteiger partial charge >= 0.3 is 6.03 Å². The Labute approximate surface area is 162 Å². The number of hydrazone groups is 1. The van der Waals surface area contributed by atoms with E-state index < -0.39 is 23.6 Å². The van der Waals surface area contributed by atoms with Gasteiger partial charge in [-0.2, -0.15) is 5.10 Å². The van der Waals surface area contributed by atoms with Gasteiger partial charge in [0.2, 0.25) is 0 Å². The van der Waals surface area contributed by atoms with Gasteiger partial charge in [-0.15, -0.1) is 0 Å². The van der Waals surface area contributed by atoms with Crippen molar-refractivity contribution in [1.82, 2.24) is 14.9 Å². The predicted molar refractivity (Wildman–Crippen MR) is 96.1 cm³/mol. The van der Waals surface area contributed by atoms with Crippen molar-refractivity contribution in [3.63, 3.8) is 0 Å². The van der Waals surface area contributed by atoms with E-state index in [0.29, 0.717) is 35.1 Å². The topological polar surface area (TPSA) is 101 Å². The third-order valence-corrected chi connectivity index (χ3v) is 5.31. The fourth-order valence-electron chi connectivity index (χ4n) is 3.03. The van der Waals surface area contributed by atoms with Crippen molar-refractivity contribution in [2.24, 2.45) is 10.8 Å². The Balaban J connectivity index is 1.37. The van der Waals surface area contributed by atoms with E-state index in [4.69, 9.17) is 10.5 Å². The van der Waals surface area contributed by atoms with Gasteiger partial charge in [-0.25, -0.2) is 23.6 Å². The monoisotopic (exact) mass is 407 g/mol. The number of hydrogen-bond donors (Lipinski definition) is 1. The minimum absolute atomic E-state index is 0.271. The molecular weight excluding hydrogens is 392 g/mol. The molecular formula is C17H15F2N5O3S. The molecule has 28 heavy (non-hydrogen) atoms. The van der Waals surface area contributed by atoms with Crippen LogP contribution in [0.5, 0.6) is 5.19 Å². The fourth-order valence-corrected chi connectivity index (χ4v) is 3.71. The lowest BCUT2D eigenvalue weighted by molar-refractivity contribution is 0.0276. The minimum atomic E-state index is -0.703. The zero-order valence-corrected chi connectivity index (χ0v) is 15.2. The summed E-state index contributed by atoms with van der Waals surface area (Å²) in [5.41, 5.74) is 5.52. The van der Waals surface area contributed by atoms with Crippen LogP contribution < -0.4 is 10.5 Å². The first kappa shape index (κ1) is 18.3. The van der Waals surface area contributed by atoms with Crippen molar-refractivity contribution >= 4 is 29.5 Å². The Hall–Kier alpha value is -3.08. The van der Waals surface area contributed by atoms with Gasteiger partial charge in [-0.3, -0.25) is 4.79 Å². The third-order valence-electron chi connectivity index (χ3n) is 4.41. The summed E-state index contributed by atoms with van der Waals surface area (Å²) < 4.78 is 32.6. The fraction of sp³-hybridized carbons (Fsp3) is 0.294. The Morgan fingerprint density at radius 1 is 1.21 bits per heavy atom. The number of primary amides is 1. The second-order valence-corrected chi connectivity index (χ2v) is 7.37. The normalized spacial score (nSPS) is 19.0. The van der Waals surface area contributed by atoms with E-state index in [-0.39, 0.29) is 12.1 Å². The van der Waals surface area contributed by atoms with Crippen LogP contribution in [-0.4, -0.2) is 52.2 Å². The van der Waals surface area contributed by atoms with Crippen LogP contribution in [0.1, 0.15) is 27.7 Å². The second-order valence-electron chi connectivity index (χ2n) is 6.38. The molecule has 3 amide bonds. The summed E-state index contributed by atoms with van der Waals surface area (Å²) >= 11 is 1.04. The van der Waals surface area contributed by atoms with E-state index in [0.717, 1.165) is 17.4 Å². The molecule has 11 heteroatoms. The van der Waals surface area contributed by atoms with Crippen LogP contribution in [0.15, 0.2) is 29.5 Å². The molecule has 3 heterocycles. The summed E-state index contributed by atoms with van der Waals surface area (Å²) in [4.78, 5) is 29.5. The number of halogens is 2. The molecule has 4 rings (SSSR count). The van der Waals surface area contributed by atoms with Gasteiger partial charge < -0.3 is 15.4 Å². The number of carbonyl (C=O) groups excluding carboxylic acids is 2. The molecule has 1 unspecified atom stereocenters. The lowest BCUT2D eigenvalue weighted by Crippen LogP contribution is -2.58.